The third kappa shape index (κ3) is 4.01. The van der Waals surface area contributed by atoms with Gasteiger partial charge in [-0.3, -0.25) is 0 Å². The van der Waals surface area contributed by atoms with Crippen LogP contribution in [0.25, 0.3) is 0 Å². The SMILES string of the molecule is OCCC1(CNC(c2ccccc2)c2ccc(F)cc2)CCOC1. The standard InChI is InChI=1S/C20H24FNO2/c21-18-8-6-17(7-9-18)19(16-4-2-1-3-5-16)22-14-20(10-12-23)11-13-24-15-20/h1-9,19,22-23H,10-15H2. The largest absolute Gasteiger partial charge is 0.396 e. The van der Waals surface area contributed by atoms with Gasteiger partial charge in [0.05, 0.1) is 12.6 Å². The molecule has 2 atom stereocenters. The van der Waals surface area contributed by atoms with Crippen molar-refractivity contribution >= 4 is 0 Å². The van der Waals surface area contributed by atoms with E-state index < -0.39 is 0 Å². The number of rotatable bonds is 7. The Morgan fingerprint density at radius 3 is 2.42 bits per heavy atom. The van der Waals surface area contributed by atoms with E-state index >= 15 is 0 Å². The summed E-state index contributed by atoms with van der Waals surface area (Å²) in [7, 11) is 0. The van der Waals surface area contributed by atoms with Crippen LogP contribution in [0.4, 0.5) is 4.39 Å². The Kier molecular flexibility index (Phi) is 5.61. The first kappa shape index (κ1) is 17.1. The Hall–Kier alpha value is -1.75. The fraction of sp³-hybridized carbons (Fsp3) is 0.400. The fourth-order valence-corrected chi connectivity index (χ4v) is 3.36. The van der Waals surface area contributed by atoms with Gasteiger partial charge in [0.2, 0.25) is 0 Å². The van der Waals surface area contributed by atoms with Crippen LogP contribution in [0, 0.1) is 11.2 Å². The third-order valence-corrected chi connectivity index (χ3v) is 4.84. The molecule has 1 aliphatic rings. The first-order chi connectivity index (χ1) is 11.7. The molecule has 0 saturated carbocycles. The van der Waals surface area contributed by atoms with Crippen molar-refractivity contribution in [3.63, 3.8) is 0 Å². The maximum Gasteiger partial charge on any atom is 0.123 e. The minimum atomic E-state index is -0.230. The predicted molar refractivity (Wildman–Crippen MR) is 92.3 cm³/mol. The van der Waals surface area contributed by atoms with Gasteiger partial charge >= 0.3 is 0 Å². The molecule has 1 aliphatic heterocycles. The van der Waals surface area contributed by atoms with Crippen molar-refractivity contribution in [2.24, 2.45) is 5.41 Å². The van der Waals surface area contributed by atoms with E-state index in [1.165, 1.54) is 12.1 Å². The van der Waals surface area contributed by atoms with Crippen molar-refractivity contribution in [2.45, 2.75) is 18.9 Å². The van der Waals surface area contributed by atoms with Crippen LogP contribution in [-0.2, 0) is 4.74 Å². The van der Waals surface area contributed by atoms with Crippen molar-refractivity contribution in [1.29, 1.82) is 0 Å². The first-order valence-corrected chi connectivity index (χ1v) is 8.45. The van der Waals surface area contributed by atoms with Gasteiger partial charge in [-0.15, -0.1) is 0 Å². The summed E-state index contributed by atoms with van der Waals surface area (Å²) >= 11 is 0. The smallest absolute Gasteiger partial charge is 0.123 e. The average molecular weight is 329 g/mol. The summed E-state index contributed by atoms with van der Waals surface area (Å²) in [5.41, 5.74) is 2.14. The molecule has 2 N–H and O–H groups in total. The molecule has 24 heavy (non-hydrogen) atoms. The zero-order valence-corrected chi connectivity index (χ0v) is 13.7. The molecule has 0 radical (unpaired) electrons. The lowest BCUT2D eigenvalue weighted by molar-refractivity contribution is 0.123. The minimum Gasteiger partial charge on any atom is -0.396 e. The Balaban J connectivity index is 1.81. The number of halogens is 1. The van der Waals surface area contributed by atoms with Crippen LogP contribution in [0.3, 0.4) is 0 Å². The van der Waals surface area contributed by atoms with E-state index in [9.17, 15) is 9.50 Å². The normalized spacial score (nSPS) is 21.8. The highest BCUT2D eigenvalue weighted by Crippen LogP contribution is 2.33. The van der Waals surface area contributed by atoms with E-state index in [0.717, 1.165) is 37.1 Å². The van der Waals surface area contributed by atoms with Gasteiger partial charge in [-0.05, 0) is 36.1 Å². The van der Waals surface area contributed by atoms with E-state index in [1.54, 1.807) is 0 Å². The third-order valence-electron chi connectivity index (χ3n) is 4.84. The molecule has 1 saturated heterocycles. The van der Waals surface area contributed by atoms with Crippen molar-refractivity contribution in [3.8, 4) is 0 Å². The van der Waals surface area contributed by atoms with Gasteiger partial charge in [-0.1, -0.05) is 42.5 Å². The molecule has 2 aromatic carbocycles. The molecule has 3 nitrogen and oxygen atoms in total. The quantitative estimate of drug-likeness (QED) is 0.819. The second-order valence-corrected chi connectivity index (χ2v) is 6.55. The van der Waals surface area contributed by atoms with E-state index in [0.29, 0.717) is 6.61 Å². The summed E-state index contributed by atoms with van der Waals surface area (Å²) in [6.07, 6.45) is 1.68. The number of aliphatic hydroxyl groups excluding tert-OH is 1. The Bertz CT molecular complexity index is 624. The first-order valence-electron chi connectivity index (χ1n) is 8.45. The fourth-order valence-electron chi connectivity index (χ4n) is 3.36. The average Bonchev–Trinajstić information content (AvgIpc) is 3.07. The van der Waals surface area contributed by atoms with Gasteiger partial charge in [0.15, 0.2) is 0 Å². The van der Waals surface area contributed by atoms with Crippen LogP contribution in [0.2, 0.25) is 0 Å². The molecule has 4 heteroatoms. The van der Waals surface area contributed by atoms with Gasteiger partial charge in [-0.2, -0.15) is 0 Å². The number of ether oxygens (including phenoxy) is 1. The topological polar surface area (TPSA) is 41.5 Å². The van der Waals surface area contributed by atoms with Crippen LogP contribution in [0.5, 0.6) is 0 Å². The van der Waals surface area contributed by atoms with E-state index in [2.05, 4.69) is 17.4 Å². The zero-order chi connectivity index (χ0) is 16.8. The molecular weight excluding hydrogens is 305 g/mol. The lowest BCUT2D eigenvalue weighted by Gasteiger charge is -2.30. The highest BCUT2D eigenvalue weighted by atomic mass is 19.1. The van der Waals surface area contributed by atoms with Gasteiger partial charge in [-0.25, -0.2) is 4.39 Å². The molecule has 2 aromatic rings. The summed E-state index contributed by atoms with van der Waals surface area (Å²) < 4.78 is 18.9. The molecule has 128 valence electrons. The van der Waals surface area contributed by atoms with Gasteiger partial charge in [0, 0.05) is 25.2 Å². The lowest BCUT2D eigenvalue weighted by atomic mass is 9.83. The van der Waals surface area contributed by atoms with Crippen LogP contribution in [-0.4, -0.2) is 31.5 Å². The van der Waals surface area contributed by atoms with Crippen LogP contribution in [0.1, 0.15) is 30.0 Å². The number of benzene rings is 2. The Morgan fingerprint density at radius 1 is 1.08 bits per heavy atom. The van der Waals surface area contributed by atoms with Crippen LogP contribution in [0.15, 0.2) is 54.6 Å². The maximum atomic E-state index is 13.3. The summed E-state index contributed by atoms with van der Waals surface area (Å²) in [4.78, 5) is 0. The summed E-state index contributed by atoms with van der Waals surface area (Å²) in [6, 6.07) is 16.8. The second kappa shape index (κ2) is 7.88. The van der Waals surface area contributed by atoms with Gasteiger partial charge in [0.1, 0.15) is 5.82 Å². The van der Waals surface area contributed by atoms with Gasteiger partial charge < -0.3 is 15.2 Å². The summed E-state index contributed by atoms with van der Waals surface area (Å²) in [5.74, 6) is -0.230. The van der Waals surface area contributed by atoms with Crippen molar-refractivity contribution in [2.75, 3.05) is 26.4 Å². The van der Waals surface area contributed by atoms with E-state index in [4.69, 9.17) is 4.74 Å². The van der Waals surface area contributed by atoms with E-state index in [1.807, 2.05) is 30.3 Å². The van der Waals surface area contributed by atoms with Crippen LogP contribution < -0.4 is 5.32 Å². The molecule has 0 bridgehead atoms. The molecule has 3 rings (SSSR count). The predicted octanol–water partition coefficient (Wildman–Crippen LogP) is 3.29. The monoisotopic (exact) mass is 329 g/mol. The number of hydrogen-bond donors (Lipinski definition) is 2. The minimum absolute atomic E-state index is 0.0111. The van der Waals surface area contributed by atoms with Crippen molar-refractivity contribution in [3.05, 3.63) is 71.5 Å². The molecule has 0 aliphatic carbocycles. The lowest BCUT2D eigenvalue weighted by Crippen LogP contribution is -2.38. The maximum absolute atomic E-state index is 13.3. The Labute approximate surface area is 142 Å². The van der Waals surface area contributed by atoms with Crippen LogP contribution >= 0.6 is 0 Å². The number of aliphatic hydroxyl groups is 1. The zero-order valence-electron chi connectivity index (χ0n) is 13.7. The molecule has 0 amide bonds. The highest BCUT2D eigenvalue weighted by Gasteiger charge is 2.35. The van der Waals surface area contributed by atoms with Crippen molar-refractivity contribution in [1.82, 2.24) is 5.32 Å². The van der Waals surface area contributed by atoms with E-state index in [-0.39, 0.29) is 23.9 Å². The molecule has 1 fully saturated rings. The highest BCUT2D eigenvalue weighted by molar-refractivity contribution is 5.31. The molecular formula is C20H24FNO2. The molecule has 1 heterocycles. The molecule has 2 unspecified atom stereocenters. The molecule has 0 aromatic heterocycles. The van der Waals surface area contributed by atoms with Crippen molar-refractivity contribution < 1.29 is 14.2 Å². The number of nitrogens with one attached hydrogen (secondary N) is 1. The molecule has 0 spiro atoms. The Morgan fingerprint density at radius 2 is 1.79 bits per heavy atom. The summed E-state index contributed by atoms with van der Waals surface area (Å²) in [6.45, 7) is 2.34. The van der Waals surface area contributed by atoms with Gasteiger partial charge in [0.25, 0.3) is 0 Å². The number of hydrogen-bond acceptors (Lipinski definition) is 3. The second-order valence-electron chi connectivity index (χ2n) is 6.55. The summed E-state index contributed by atoms with van der Waals surface area (Å²) in [5, 5.41) is 13.0.